The fourth-order valence-electron chi connectivity index (χ4n) is 1.44. The van der Waals surface area contributed by atoms with E-state index in [4.69, 9.17) is 17.3 Å². The Morgan fingerprint density at radius 2 is 2.25 bits per heavy atom. The van der Waals surface area contributed by atoms with Crippen LogP contribution in [0.2, 0.25) is 5.02 Å². The first-order valence-electron chi connectivity index (χ1n) is 5.29. The van der Waals surface area contributed by atoms with E-state index >= 15 is 0 Å². The van der Waals surface area contributed by atoms with Crippen LogP contribution in [0.4, 0.5) is 0 Å². The van der Waals surface area contributed by atoms with E-state index in [0.717, 1.165) is 5.56 Å². The minimum atomic E-state index is -0.413. The fourth-order valence-corrected chi connectivity index (χ4v) is 1.66. The van der Waals surface area contributed by atoms with Crippen LogP contribution < -0.4 is 5.73 Å². The van der Waals surface area contributed by atoms with E-state index in [1.165, 1.54) is 0 Å². The van der Waals surface area contributed by atoms with Crippen LogP contribution in [0.3, 0.4) is 0 Å². The molecule has 1 aromatic carbocycles. The molecule has 0 aliphatic carbocycles. The smallest absolute Gasteiger partial charge is 0.239 e. The summed E-state index contributed by atoms with van der Waals surface area (Å²) >= 11 is 5.87. The number of benzene rings is 1. The van der Waals surface area contributed by atoms with Crippen molar-refractivity contribution in [3.63, 3.8) is 0 Å². The van der Waals surface area contributed by atoms with E-state index in [9.17, 15) is 4.79 Å². The van der Waals surface area contributed by atoms with Gasteiger partial charge in [0, 0.05) is 18.6 Å². The maximum absolute atomic E-state index is 11.7. The maximum Gasteiger partial charge on any atom is 0.239 e. The molecule has 1 atom stereocenters. The molecular formula is C12H17ClN2O. The molecule has 0 saturated carbocycles. The molecule has 0 saturated heterocycles. The zero-order valence-corrected chi connectivity index (χ0v) is 10.4. The van der Waals surface area contributed by atoms with Gasteiger partial charge in [0.2, 0.25) is 5.91 Å². The number of hydrogen-bond acceptors (Lipinski definition) is 2. The number of hydrogen-bond donors (Lipinski definition) is 1. The summed E-state index contributed by atoms with van der Waals surface area (Å²) in [6.07, 6.45) is 0.652. The van der Waals surface area contributed by atoms with E-state index in [0.29, 0.717) is 18.0 Å². The summed E-state index contributed by atoms with van der Waals surface area (Å²) < 4.78 is 0. The second-order valence-corrected chi connectivity index (χ2v) is 4.28. The maximum atomic E-state index is 11.7. The lowest BCUT2D eigenvalue weighted by Crippen LogP contribution is -2.40. The number of carbonyl (C=O) groups excluding carboxylic acids is 1. The zero-order valence-electron chi connectivity index (χ0n) is 9.61. The number of nitrogens with two attached hydrogens (primary N) is 1. The van der Waals surface area contributed by atoms with Crippen molar-refractivity contribution in [2.45, 2.75) is 25.9 Å². The van der Waals surface area contributed by atoms with Crippen LogP contribution in [0.5, 0.6) is 0 Å². The SMILES string of the molecule is CC[C@H](N)C(=O)N(C)Cc1cccc(Cl)c1. The van der Waals surface area contributed by atoms with Gasteiger partial charge in [-0.1, -0.05) is 30.7 Å². The molecule has 1 amide bonds. The lowest BCUT2D eigenvalue weighted by molar-refractivity contribution is -0.131. The Morgan fingerprint density at radius 3 is 2.81 bits per heavy atom. The van der Waals surface area contributed by atoms with Crippen LogP contribution in [0.15, 0.2) is 24.3 Å². The quantitative estimate of drug-likeness (QED) is 0.876. The summed E-state index contributed by atoms with van der Waals surface area (Å²) in [7, 11) is 1.75. The summed E-state index contributed by atoms with van der Waals surface area (Å²) in [6.45, 7) is 2.43. The van der Waals surface area contributed by atoms with Crippen LogP contribution in [-0.4, -0.2) is 23.9 Å². The monoisotopic (exact) mass is 240 g/mol. The molecular weight excluding hydrogens is 224 g/mol. The minimum absolute atomic E-state index is 0.0394. The van der Waals surface area contributed by atoms with Gasteiger partial charge in [-0.05, 0) is 24.1 Å². The predicted molar refractivity (Wildman–Crippen MR) is 66.2 cm³/mol. The van der Waals surface area contributed by atoms with Gasteiger partial charge >= 0.3 is 0 Å². The molecule has 0 aliphatic rings. The number of rotatable bonds is 4. The van der Waals surface area contributed by atoms with Gasteiger partial charge in [0.1, 0.15) is 0 Å². The molecule has 0 spiro atoms. The van der Waals surface area contributed by atoms with Crippen LogP contribution in [0, 0.1) is 0 Å². The van der Waals surface area contributed by atoms with Crippen LogP contribution in [0.25, 0.3) is 0 Å². The topological polar surface area (TPSA) is 46.3 Å². The van der Waals surface area contributed by atoms with Crippen molar-refractivity contribution in [3.8, 4) is 0 Å². The molecule has 0 fully saturated rings. The molecule has 4 heteroatoms. The highest BCUT2D eigenvalue weighted by molar-refractivity contribution is 6.30. The standard InChI is InChI=1S/C12H17ClN2O/c1-3-11(14)12(16)15(2)8-9-5-4-6-10(13)7-9/h4-7,11H,3,8,14H2,1-2H3/t11-/m0/s1. The van der Waals surface area contributed by atoms with Gasteiger partial charge in [-0.25, -0.2) is 0 Å². The molecule has 0 radical (unpaired) electrons. The predicted octanol–water partition coefficient (Wildman–Crippen LogP) is 2.04. The van der Waals surface area contributed by atoms with E-state index < -0.39 is 6.04 Å². The molecule has 0 aromatic heterocycles. The van der Waals surface area contributed by atoms with Crippen molar-refractivity contribution < 1.29 is 4.79 Å². The van der Waals surface area contributed by atoms with Gasteiger partial charge < -0.3 is 10.6 Å². The lowest BCUT2D eigenvalue weighted by atomic mass is 10.2. The van der Waals surface area contributed by atoms with Crippen molar-refractivity contribution in [3.05, 3.63) is 34.9 Å². The highest BCUT2D eigenvalue weighted by Gasteiger charge is 2.15. The van der Waals surface area contributed by atoms with E-state index in [-0.39, 0.29) is 5.91 Å². The Labute approximate surface area is 101 Å². The highest BCUT2D eigenvalue weighted by atomic mass is 35.5. The Morgan fingerprint density at radius 1 is 1.56 bits per heavy atom. The number of amides is 1. The molecule has 0 unspecified atom stereocenters. The Bertz CT molecular complexity index is 368. The van der Waals surface area contributed by atoms with Crippen molar-refractivity contribution in [2.24, 2.45) is 5.73 Å². The fraction of sp³-hybridized carbons (Fsp3) is 0.417. The number of nitrogens with zero attached hydrogens (tertiary/aromatic N) is 1. The van der Waals surface area contributed by atoms with Gasteiger partial charge in [-0.2, -0.15) is 0 Å². The molecule has 0 aliphatic heterocycles. The van der Waals surface area contributed by atoms with Crippen LogP contribution in [0.1, 0.15) is 18.9 Å². The lowest BCUT2D eigenvalue weighted by Gasteiger charge is -2.20. The largest absolute Gasteiger partial charge is 0.340 e. The summed E-state index contributed by atoms with van der Waals surface area (Å²) in [5, 5.41) is 0.679. The zero-order chi connectivity index (χ0) is 12.1. The van der Waals surface area contributed by atoms with Gasteiger partial charge in [0.25, 0.3) is 0 Å². The van der Waals surface area contributed by atoms with Crippen molar-refractivity contribution >= 4 is 17.5 Å². The molecule has 1 rings (SSSR count). The first-order chi connectivity index (χ1) is 7.54. The molecule has 0 bridgehead atoms. The normalized spacial score (nSPS) is 12.2. The second-order valence-electron chi connectivity index (χ2n) is 3.84. The third kappa shape index (κ3) is 3.51. The van der Waals surface area contributed by atoms with Gasteiger partial charge in [0.15, 0.2) is 0 Å². The third-order valence-electron chi connectivity index (χ3n) is 2.44. The summed E-state index contributed by atoms with van der Waals surface area (Å²) in [5.74, 6) is -0.0394. The minimum Gasteiger partial charge on any atom is -0.340 e. The van der Waals surface area contributed by atoms with E-state index in [1.807, 2.05) is 31.2 Å². The molecule has 2 N–H and O–H groups in total. The Kier molecular flexibility index (Phi) is 4.77. The van der Waals surface area contributed by atoms with Crippen LogP contribution >= 0.6 is 11.6 Å². The first-order valence-corrected chi connectivity index (χ1v) is 5.67. The molecule has 16 heavy (non-hydrogen) atoms. The second kappa shape index (κ2) is 5.87. The summed E-state index contributed by atoms with van der Waals surface area (Å²) in [5.41, 5.74) is 6.69. The van der Waals surface area contributed by atoms with E-state index in [2.05, 4.69) is 0 Å². The summed E-state index contributed by atoms with van der Waals surface area (Å²) in [6, 6.07) is 7.06. The molecule has 0 heterocycles. The molecule has 88 valence electrons. The molecule has 3 nitrogen and oxygen atoms in total. The number of carbonyl (C=O) groups is 1. The van der Waals surface area contributed by atoms with Crippen LogP contribution in [-0.2, 0) is 11.3 Å². The van der Waals surface area contributed by atoms with Gasteiger partial charge in [0.05, 0.1) is 6.04 Å². The average Bonchev–Trinajstić information content (AvgIpc) is 2.27. The van der Waals surface area contributed by atoms with Crippen molar-refractivity contribution in [1.29, 1.82) is 0 Å². The summed E-state index contributed by atoms with van der Waals surface area (Å²) in [4.78, 5) is 13.4. The average molecular weight is 241 g/mol. The van der Waals surface area contributed by atoms with Crippen molar-refractivity contribution in [2.75, 3.05) is 7.05 Å². The van der Waals surface area contributed by atoms with Crippen molar-refractivity contribution in [1.82, 2.24) is 4.90 Å². The van der Waals surface area contributed by atoms with Gasteiger partial charge in [-0.15, -0.1) is 0 Å². The van der Waals surface area contributed by atoms with E-state index in [1.54, 1.807) is 11.9 Å². The Hall–Kier alpha value is -1.06. The molecule has 1 aromatic rings. The Balaban J connectivity index is 2.64. The first kappa shape index (κ1) is 13.0. The number of halogens is 1. The van der Waals surface area contributed by atoms with Gasteiger partial charge in [-0.3, -0.25) is 4.79 Å². The highest BCUT2D eigenvalue weighted by Crippen LogP contribution is 2.12. The third-order valence-corrected chi connectivity index (χ3v) is 2.68. The number of likely N-dealkylation sites (N-methyl/N-ethyl adjacent to an activating group) is 1.